The fourth-order valence-electron chi connectivity index (χ4n) is 5.57. The highest BCUT2D eigenvalue weighted by Crippen LogP contribution is 2.47. The summed E-state index contributed by atoms with van der Waals surface area (Å²) in [5.74, 6) is 2.95. The third-order valence-electron chi connectivity index (χ3n) is 7.39. The van der Waals surface area contributed by atoms with E-state index >= 15 is 0 Å². The van der Waals surface area contributed by atoms with Crippen LogP contribution in [0.5, 0.6) is 0 Å². The molecule has 1 amide bonds. The van der Waals surface area contributed by atoms with Crippen molar-refractivity contribution in [3.63, 3.8) is 0 Å². The molecule has 0 spiro atoms. The maximum Gasteiger partial charge on any atom is 0.248 e. The summed E-state index contributed by atoms with van der Waals surface area (Å²) in [5, 5.41) is 0. The standard InChI is InChI=1S/C23H29N5O2/c1-15-10-21(26-14-25-15)28-9-5-18-11-19(20(18)13-28)23(30)27-7-3-16(4-8-27)17-2-6-24-22(29)12-17/h2,6,10,12,14,16,18-20H,3-5,7-9,11,13H2,1H3,(H,24,29)/t18-,19-,20-/m1/s1. The van der Waals surface area contributed by atoms with Crippen LogP contribution in [0.1, 0.15) is 42.9 Å². The molecule has 7 nitrogen and oxygen atoms in total. The summed E-state index contributed by atoms with van der Waals surface area (Å²) >= 11 is 0. The van der Waals surface area contributed by atoms with Crippen LogP contribution in [0.2, 0.25) is 0 Å². The number of H-pyrrole nitrogens is 1. The normalized spacial score (nSPS) is 26.8. The highest BCUT2D eigenvalue weighted by Gasteiger charge is 2.49. The van der Waals surface area contributed by atoms with Crippen molar-refractivity contribution in [1.29, 1.82) is 0 Å². The van der Waals surface area contributed by atoms with E-state index in [1.54, 1.807) is 18.6 Å². The van der Waals surface area contributed by atoms with Crippen LogP contribution in [0.15, 0.2) is 35.5 Å². The van der Waals surface area contributed by atoms with Crippen LogP contribution in [0, 0.1) is 24.7 Å². The van der Waals surface area contributed by atoms with Gasteiger partial charge in [-0.2, -0.15) is 0 Å². The molecule has 0 bridgehead atoms. The first kappa shape index (κ1) is 19.3. The van der Waals surface area contributed by atoms with Gasteiger partial charge in [0.25, 0.3) is 0 Å². The summed E-state index contributed by atoms with van der Waals surface area (Å²) in [5.41, 5.74) is 2.02. The lowest BCUT2D eigenvalue weighted by atomic mass is 9.61. The highest BCUT2D eigenvalue weighted by molar-refractivity contribution is 5.80. The van der Waals surface area contributed by atoms with Crippen molar-refractivity contribution >= 4 is 11.7 Å². The number of hydrogen-bond donors (Lipinski definition) is 1. The van der Waals surface area contributed by atoms with Gasteiger partial charge in [-0.05, 0) is 62.0 Å². The number of aromatic nitrogens is 3. The molecule has 30 heavy (non-hydrogen) atoms. The zero-order chi connectivity index (χ0) is 20.7. The molecule has 3 atom stereocenters. The second-order valence-electron chi connectivity index (χ2n) is 9.10. The summed E-state index contributed by atoms with van der Waals surface area (Å²) in [6, 6.07) is 5.73. The summed E-state index contributed by atoms with van der Waals surface area (Å²) in [6.45, 7) is 5.50. The topological polar surface area (TPSA) is 82.2 Å². The molecule has 0 aromatic carbocycles. The smallest absolute Gasteiger partial charge is 0.248 e. The maximum absolute atomic E-state index is 13.3. The lowest BCUT2D eigenvalue weighted by Gasteiger charge is -2.52. The number of likely N-dealkylation sites (tertiary alicyclic amines) is 1. The predicted octanol–water partition coefficient (Wildman–Crippen LogP) is 2.34. The van der Waals surface area contributed by atoms with Gasteiger partial charge in [-0.25, -0.2) is 9.97 Å². The molecule has 158 valence electrons. The number of rotatable bonds is 3. The number of amides is 1. The van der Waals surface area contributed by atoms with Gasteiger partial charge in [-0.15, -0.1) is 0 Å². The van der Waals surface area contributed by atoms with E-state index in [4.69, 9.17) is 0 Å². The monoisotopic (exact) mass is 407 g/mol. The van der Waals surface area contributed by atoms with Crippen LogP contribution in [0.3, 0.4) is 0 Å². The molecule has 3 fully saturated rings. The number of nitrogens with zero attached hydrogens (tertiary/aromatic N) is 4. The average Bonchev–Trinajstić information content (AvgIpc) is 2.74. The zero-order valence-corrected chi connectivity index (χ0v) is 17.5. The molecular weight excluding hydrogens is 378 g/mol. The van der Waals surface area contributed by atoms with Crippen LogP contribution in [0.25, 0.3) is 0 Å². The number of carbonyl (C=O) groups is 1. The van der Waals surface area contributed by atoms with Crippen molar-refractivity contribution < 1.29 is 4.79 Å². The Morgan fingerprint density at radius 2 is 1.97 bits per heavy atom. The SMILES string of the molecule is Cc1cc(N2CC[C@@H]3C[C@@H](C(=O)N4CCC(c5cc[nH]c(=O)c5)CC4)[C@@H]3C2)ncn1. The number of carbonyl (C=O) groups excluding carboxylic acids is 1. The largest absolute Gasteiger partial charge is 0.356 e. The van der Waals surface area contributed by atoms with Gasteiger partial charge in [-0.1, -0.05) is 0 Å². The molecule has 1 saturated carbocycles. The van der Waals surface area contributed by atoms with E-state index in [2.05, 4.69) is 24.8 Å². The first-order valence-electron chi connectivity index (χ1n) is 11.1. The Labute approximate surface area is 176 Å². The second-order valence-corrected chi connectivity index (χ2v) is 9.10. The van der Waals surface area contributed by atoms with E-state index < -0.39 is 0 Å². The Morgan fingerprint density at radius 3 is 2.73 bits per heavy atom. The second kappa shape index (κ2) is 7.85. The molecule has 2 aromatic rings. The lowest BCUT2D eigenvalue weighted by molar-refractivity contribution is -0.146. The van der Waals surface area contributed by atoms with Crippen molar-refractivity contribution in [2.45, 2.75) is 38.5 Å². The number of anilines is 1. The van der Waals surface area contributed by atoms with Gasteiger partial charge < -0.3 is 14.8 Å². The molecule has 2 aromatic heterocycles. The number of pyridine rings is 1. The summed E-state index contributed by atoms with van der Waals surface area (Å²) in [6.07, 6.45) is 7.39. The Balaban J connectivity index is 1.20. The van der Waals surface area contributed by atoms with E-state index in [-0.39, 0.29) is 11.5 Å². The molecular formula is C23H29N5O2. The molecule has 2 aliphatic heterocycles. The first-order valence-corrected chi connectivity index (χ1v) is 11.1. The molecule has 5 rings (SSSR count). The summed E-state index contributed by atoms with van der Waals surface area (Å²) < 4.78 is 0. The van der Waals surface area contributed by atoms with Gasteiger partial charge >= 0.3 is 0 Å². The Kier molecular flexibility index (Phi) is 5.05. The van der Waals surface area contributed by atoms with E-state index in [1.165, 1.54) is 0 Å². The molecule has 1 N–H and O–H groups in total. The predicted molar refractivity (Wildman–Crippen MR) is 114 cm³/mol. The molecule has 0 radical (unpaired) electrons. The average molecular weight is 408 g/mol. The highest BCUT2D eigenvalue weighted by atomic mass is 16.2. The Hall–Kier alpha value is -2.70. The van der Waals surface area contributed by atoms with E-state index in [0.29, 0.717) is 23.7 Å². The van der Waals surface area contributed by atoms with Crippen LogP contribution in [0.4, 0.5) is 5.82 Å². The third-order valence-corrected chi connectivity index (χ3v) is 7.39. The Bertz CT molecular complexity index is 981. The number of aromatic amines is 1. The molecule has 2 saturated heterocycles. The molecule has 3 aliphatic rings. The fraction of sp³-hybridized carbons (Fsp3) is 0.565. The van der Waals surface area contributed by atoms with Crippen molar-refractivity contribution in [1.82, 2.24) is 19.9 Å². The fourth-order valence-corrected chi connectivity index (χ4v) is 5.57. The summed E-state index contributed by atoms with van der Waals surface area (Å²) in [4.78, 5) is 40.6. The van der Waals surface area contributed by atoms with Gasteiger partial charge in [-0.3, -0.25) is 9.59 Å². The first-order chi connectivity index (χ1) is 14.6. The molecule has 7 heteroatoms. The van der Waals surface area contributed by atoms with E-state index in [9.17, 15) is 9.59 Å². The zero-order valence-electron chi connectivity index (χ0n) is 17.5. The van der Waals surface area contributed by atoms with Crippen LogP contribution < -0.4 is 10.5 Å². The van der Waals surface area contributed by atoms with Gasteiger partial charge in [0, 0.05) is 56.1 Å². The maximum atomic E-state index is 13.3. The summed E-state index contributed by atoms with van der Waals surface area (Å²) in [7, 11) is 0. The van der Waals surface area contributed by atoms with E-state index in [1.807, 2.05) is 19.1 Å². The van der Waals surface area contributed by atoms with Crippen molar-refractivity contribution in [2.75, 3.05) is 31.1 Å². The minimum Gasteiger partial charge on any atom is -0.356 e. The number of aryl methyl sites for hydroxylation is 1. The quantitative estimate of drug-likeness (QED) is 0.845. The minimum atomic E-state index is -0.0488. The molecule has 1 aliphatic carbocycles. The van der Waals surface area contributed by atoms with Gasteiger partial charge in [0.15, 0.2) is 0 Å². The van der Waals surface area contributed by atoms with E-state index in [0.717, 1.165) is 68.9 Å². The number of fused-ring (bicyclic) bond motifs is 1. The van der Waals surface area contributed by atoms with Gasteiger partial charge in [0.2, 0.25) is 11.5 Å². The minimum absolute atomic E-state index is 0.0488. The lowest BCUT2D eigenvalue weighted by Crippen LogP contribution is -2.56. The number of nitrogens with one attached hydrogen (secondary N) is 1. The Morgan fingerprint density at radius 1 is 1.13 bits per heavy atom. The van der Waals surface area contributed by atoms with Crippen molar-refractivity contribution in [2.24, 2.45) is 17.8 Å². The van der Waals surface area contributed by atoms with Gasteiger partial charge in [0.05, 0.1) is 0 Å². The third kappa shape index (κ3) is 3.61. The van der Waals surface area contributed by atoms with Crippen molar-refractivity contribution in [3.05, 3.63) is 52.3 Å². The van der Waals surface area contributed by atoms with Crippen LogP contribution in [-0.2, 0) is 4.79 Å². The molecule has 0 unspecified atom stereocenters. The number of piperidine rings is 2. The van der Waals surface area contributed by atoms with Crippen LogP contribution in [-0.4, -0.2) is 51.9 Å². The van der Waals surface area contributed by atoms with Crippen LogP contribution >= 0.6 is 0 Å². The van der Waals surface area contributed by atoms with Crippen molar-refractivity contribution in [3.8, 4) is 0 Å². The van der Waals surface area contributed by atoms with Gasteiger partial charge in [0.1, 0.15) is 12.1 Å². The molecule has 4 heterocycles. The number of hydrogen-bond acceptors (Lipinski definition) is 5.